The summed E-state index contributed by atoms with van der Waals surface area (Å²) in [5.41, 5.74) is 8.21. The van der Waals surface area contributed by atoms with Gasteiger partial charge >= 0.3 is 17.9 Å². The van der Waals surface area contributed by atoms with Crippen molar-refractivity contribution in [3.05, 3.63) is 10.4 Å². The molecule has 0 unspecified atom stereocenters. The molecule has 0 radical (unpaired) electrons. The lowest BCUT2D eigenvalue weighted by atomic mass is 10.1. The Morgan fingerprint density at radius 2 is 1.61 bits per heavy atom. The van der Waals surface area contributed by atoms with Crippen molar-refractivity contribution in [1.82, 2.24) is 0 Å². The highest BCUT2D eigenvalue weighted by Crippen LogP contribution is 2.28. The normalized spacial score (nSPS) is 23.5. The molecule has 0 aliphatic carbocycles. The van der Waals surface area contributed by atoms with Crippen LogP contribution < -0.4 is 0 Å². The lowest BCUT2D eigenvalue weighted by Gasteiger charge is -2.23. The summed E-state index contributed by atoms with van der Waals surface area (Å²) in [6.07, 6.45) is -0.429. The van der Waals surface area contributed by atoms with Crippen molar-refractivity contribution in [3.8, 4) is 0 Å². The van der Waals surface area contributed by atoms with Gasteiger partial charge in [-0.15, -0.1) is 0 Å². The Labute approximate surface area is 163 Å². The number of carbonyl (C=O) groups is 3. The number of hydrogen-bond donors (Lipinski definition) is 0. The maximum Gasteiger partial charge on any atom is 0.303 e. The molecule has 0 N–H and O–H groups in total. The summed E-state index contributed by atoms with van der Waals surface area (Å²) in [7, 11) is 0. The maximum absolute atomic E-state index is 11.5. The minimum Gasteiger partial charge on any atom is -0.463 e. The van der Waals surface area contributed by atoms with Crippen LogP contribution in [0.5, 0.6) is 0 Å². The second kappa shape index (κ2) is 12.9. The zero-order valence-electron chi connectivity index (χ0n) is 16.4. The molecule has 28 heavy (non-hydrogen) atoms. The molecule has 0 bridgehead atoms. The van der Waals surface area contributed by atoms with Gasteiger partial charge in [-0.1, -0.05) is 18.0 Å². The zero-order chi connectivity index (χ0) is 20.9. The number of nitrogens with zero attached hydrogens (tertiary/aromatic N) is 3. The van der Waals surface area contributed by atoms with Crippen molar-refractivity contribution < 1.29 is 38.1 Å². The summed E-state index contributed by atoms with van der Waals surface area (Å²) in [6, 6.07) is 0. The molecule has 0 aromatic carbocycles. The van der Waals surface area contributed by atoms with Crippen LogP contribution in [-0.4, -0.2) is 62.3 Å². The highest BCUT2D eigenvalue weighted by Gasteiger charge is 2.50. The monoisotopic (exact) mass is 401 g/mol. The van der Waals surface area contributed by atoms with Gasteiger partial charge in [-0.2, -0.15) is 0 Å². The van der Waals surface area contributed by atoms with Crippen molar-refractivity contribution in [2.45, 2.75) is 71.1 Å². The molecule has 0 spiro atoms. The Morgan fingerprint density at radius 1 is 0.964 bits per heavy atom. The number of esters is 3. The van der Waals surface area contributed by atoms with E-state index in [0.29, 0.717) is 13.2 Å². The zero-order valence-corrected chi connectivity index (χ0v) is 16.4. The van der Waals surface area contributed by atoms with Crippen molar-refractivity contribution in [3.63, 3.8) is 0 Å². The smallest absolute Gasteiger partial charge is 0.303 e. The minimum atomic E-state index is -0.966. The third kappa shape index (κ3) is 9.03. The summed E-state index contributed by atoms with van der Waals surface area (Å²) < 4.78 is 26.8. The van der Waals surface area contributed by atoms with Gasteiger partial charge in [0.05, 0.1) is 0 Å². The second-order valence-electron chi connectivity index (χ2n) is 6.23. The highest BCUT2D eigenvalue weighted by atomic mass is 16.7. The standard InChI is InChI=1S/C17H27N3O8/c1-11(21)25-10-14-15(26-12(2)22)16(27-13(3)23)17(28-14)24-9-7-5-4-6-8-19-20-18/h14-17H,4-10H2,1-3H3/t14-,15-,16-,17-/m1/s1. The van der Waals surface area contributed by atoms with Crippen LogP contribution in [-0.2, 0) is 38.1 Å². The van der Waals surface area contributed by atoms with E-state index in [0.717, 1.165) is 25.7 Å². The van der Waals surface area contributed by atoms with Crippen molar-refractivity contribution >= 4 is 17.9 Å². The van der Waals surface area contributed by atoms with E-state index in [4.69, 9.17) is 29.2 Å². The van der Waals surface area contributed by atoms with Crippen LogP contribution in [0.15, 0.2) is 5.11 Å². The van der Waals surface area contributed by atoms with E-state index in [-0.39, 0.29) is 6.61 Å². The van der Waals surface area contributed by atoms with Crippen LogP contribution in [0.3, 0.4) is 0 Å². The number of ether oxygens (including phenoxy) is 5. The van der Waals surface area contributed by atoms with Gasteiger partial charge in [0.15, 0.2) is 18.5 Å². The molecule has 0 aromatic rings. The Hall–Kier alpha value is -2.36. The third-order valence-corrected chi connectivity index (χ3v) is 3.82. The molecular weight excluding hydrogens is 374 g/mol. The molecule has 4 atom stereocenters. The van der Waals surface area contributed by atoms with E-state index < -0.39 is 42.5 Å². The van der Waals surface area contributed by atoms with E-state index in [1.54, 1.807) is 0 Å². The number of carbonyl (C=O) groups excluding carboxylic acids is 3. The SMILES string of the molecule is CC(=O)OC[C@H]1O[C@@H](OCCCCCCN=[N+]=[N-])[C@H](OC(C)=O)[C@@H]1OC(C)=O. The molecule has 1 fully saturated rings. The molecule has 1 heterocycles. The van der Waals surface area contributed by atoms with Crippen LogP contribution in [0.25, 0.3) is 10.4 Å². The number of unbranched alkanes of at least 4 members (excludes halogenated alkanes) is 3. The first kappa shape index (κ1) is 23.7. The first-order valence-electron chi connectivity index (χ1n) is 9.11. The largest absolute Gasteiger partial charge is 0.463 e. The molecule has 158 valence electrons. The maximum atomic E-state index is 11.5. The Balaban J connectivity index is 2.61. The van der Waals surface area contributed by atoms with Gasteiger partial charge in [0.25, 0.3) is 0 Å². The second-order valence-corrected chi connectivity index (χ2v) is 6.23. The number of hydrogen-bond acceptors (Lipinski definition) is 9. The molecule has 0 amide bonds. The fraction of sp³-hybridized carbons (Fsp3) is 0.824. The summed E-state index contributed by atoms with van der Waals surface area (Å²) in [4.78, 5) is 36.7. The first-order chi connectivity index (χ1) is 13.3. The van der Waals surface area contributed by atoms with Gasteiger partial charge in [0.1, 0.15) is 12.7 Å². The first-order valence-corrected chi connectivity index (χ1v) is 9.11. The van der Waals surface area contributed by atoms with E-state index in [9.17, 15) is 14.4 Å². The lowest BCUT2D eigenvalue weighted by molar-refractivity contribution is -0.190. The lowest BCUT2D eigenvalue weighted by Crippen LogP contribution is -2.41. The summed E-state index contributed by atoms with van der Waals surface area (Å²) >= 11 is 0. The van der Waals surface area contributed by atoms with E-state index in [1.807, 2.05) is 0 Å². The third-order valence-electron chi connectivity index (χ3n) is 3.82. The molecule has 11 heteroatoms. The molecule has 0 saturated carbocycles. The summed E-state index contributed by atoms with van der Waals surface area (Å²) in [5.74, 6) is -1.68. The minimum absolute atomic E-state index is 0.162. The van der Waals surface area contributed by atoms with Gasteiger partial charge in [0, 0.05) is 38.8 Å². The van der Waals surface area contributed by atoms with E-state index in [2.05, 4.69) is 10.0 Å². The number of rotatable bonds is 12. The predicted octanol–water partition coefficient (Wildman–Crippen LogP) is 2.03. The van der Waals surface area contributed by atoms with Gasteiger partial charge in [0.2, 0.25) is 0 Å². The Kier molecular flexibility index (Phi) is 10.9. The fourth-order valence-electron chi connectivity index (χ4n) is 2.69. The molecule has 11 nitrogen and oxygen atoms in total. The average molecular weight is 401 g/mol. The van der Waals surface area contributed by atoms with Crippen LogP contribution in [0.1, 0.15) is 46.5 Å². The van der Waals surface area contributed by atoms with Gasteiger partial charge < -0.3 is 23.7 Å². The van der Waals surface area contributed by atoms with Crippen molar-refractivity contribution in [2.24, 2.45) is 5.11 Å². The molecular formula is C17H27N3O8. The molecule has 0 aromatic heterocycles. The van der Waals surface area contributed by atoms with Crippen LogP contribution in [0.4, 0.5) is 0 Å². The van der Waals surface area contributed by atoms with Crippen LogP contribution >= 0.6 is 0 Å². The molecule has 1 saturated heterocycles. The Morgan fingerprint density at radius 3 is 2.21 bits per heavy atom. The number of azide groups is 1. The van der Waals surface area contributed by atoms with Gasteiger partial charge in [-0.05, 0) is 18.4 Å². The average Bonchev–Trinajstić information content (AvgIpc) is 2.91. The van der Waals surface area contributed by atoms with Crippen molar-refractivity contribution in [1.29, 1.82) is 0 Å². The summed E-state index contributed by atoms with van der Waals surface area (Å²) in [6.45, 7) is 4.32. The van der Waals surface area contributed by atoms with E-state index in [1.165, 1.54) is 20.8 Å². The van der Waals surface area contributed by atoms with Gasteiger partial charge in [-0.3, -0.25) is 14.4 Å². The topological polar surface area (TPSA) is 146 Å². The molecule has 1 aliphatic rings. The quantitative estimate of drug-likeness (QED) is 0.120. The van der Waals surface area contributed by atoms with E-state index >= 15 is 0 Å². The predicted molar refractivity (Wildman–Crippen MR) is 94.8 cm³/mol. The summed E-state index contributed by atoms with van der Waals surface area (Å²) in [5, 5.41) is 3.46. The fourth-order valence-corrected chi connectivity index (χ4v) is 2.69. The molecule has 1 aliphatic heterocycles. The van der Waals surface area contributed by atoms with Gasteiger partial charge in [-0.25, -0.2) is 0 Å². The highest BCUT2D eigenvalue weighted by molar-refractivity contribution is 5.67. The van der Waals surface area contributed by atoms with Crippen LogP contribution in [0.2, 0.25) is 0 Å². The Bertz CT molecular complexity index is 579. The van der Waals surface area contributed by atoms with Crippen LogP contribution in [0, 0.1) is 0 Å². The van der Waals surface area contributed by atoms with Crippen molar-refractivity contribution in [2.75, 3.05) is 19.8 Å². The molecule has 1 rings (SSSR count).